The SMILES string of the molecule is Cc1ccc(F)c(NC(=O)CCC(=O)NCc2ccncc2)c1. The summed E-state index contributed by atoms with van der Waals surface area (Å²) in [7, 11) is 0. The van der Waals surface area contributed by atoms with Crippen LogP contribution in [0.2, 0.25) is 0 Å². The fourth-order valence-corrected chi connectivity index (χ4v) is 1.96. The van der Waals surface area contributed by atoms with Gasteiger partial charge in [-0.1, -0.05) is 6.07 Å². The summed E-state index contributed by atoms with van der Waals surface area (Å²) in [5.74, 6) is -1.12. The van der Waals surface area contributed by atoms with Crippen LogP contribution in [0.4, 0.5) is 10.1 Å². The first kappa shape index (κ1) is 16.6. The highest BCUT2D eigenvalue weighted by Gasteiger charge is 2.10. The topological polar surface area (TPSA) is 71.1 Å². The molecule has 1 heterocycles. The van der Waals surface area contributed by atoms with Crippen LogP contribution in [0.25, 0.3) is 0 Å². The van der Waals surface area contributed by atoms with Gasteiger partial charge in [0.05, 0.1) is 5.69 Å². The molecule has 0 atom stereocenters. The van der Waals surface area contributed by atoms with Gasteiger partial charge in [-0.2, -0.15) is 0 Å². The molecule has 0 saturated carbocycles. The van der Waals surface area contributed by atoms with Gasteiger partial charge in [0.2, 0.25) is 11.8 Å². The molecule has 0 spiro atoms. The van der Waals surface area contributed by atoms with Gasteiger partial charge >= 0.3 is 0 Å². The predicted octanol–water partition coefficient (Wildman–Crippen LogP) is 2.56. The lowest BCUT2D eigenvalue weighted by molar-refractivity contribution is -0.124. The number of rotatable bonds is 6. The number of anilines is 1. The Morgan fingerprint density at radius 3 is 2.52 bits per heavy atom. The van der Waals surface area contributed by atoms with Crippen LogP contribution < -0.4 is 10.6 Å². The van der Waals surface area contributed by atoms with Crippen LogP contribution in [0.15, 0.2) is 42.7 Å². The van der Waals surface area contributed by atoms with Crippen molar-refractivity contribution in [3.05, 3.63) is 59.7 Å². The number of hydrogen-bond acceptors (Lipinski definition) is 3. The van der Waals surface area contributed by atoms with E-state index in [0.717, 1.165) is 11.1 Å². The molecule has 0 radical (unpaired) electrons. The van der Waals surface area contributed by atoms with Gasteiger partial charge < -0.3 is 10.6 Å². The molecule has 0 bridgehead atoms. The summed E-state index contributed by atoms with van der Waals surface area (Å²) in [5, 5.41) is 5.20. The van der Waals surface area contributed by atoms with Crippen molar-refractivity contribution in [3.63, 3.8) is 0 Å². The number of pyridine rings is 1. The molecule has 0 aliphatic heterocycles. The maximum absolute atomic E-state index is 13.5. The van der Waals surface area contributed by atoms with Gasteiger partial charge in [0.15, 0.2) is 0 Å². The smallest absolute Gasteiger partial charge is 0.224 e. The lowest BCUT2D eigenvalue weighted by atomic mass is 10.2. The summed E-state index contributed by atoms with van der Waals surface area (Å²) in [6.45, 7) is 2.19. The second kappa shape index (κ2) is 8.03. The number of aryl methyl sites for hydroxylation is 1. The minimum Gasteiger partial charge on any atom is -0.352 e. The molecule has 120 valence electrons. The monoisotopic (exact) mass is 315 g/mol. The third-order valence-corrected chi connectivity index (χ3v) is 3.21. The third kappa shape index (κ3) is 5.50. The lowest BCUT2D eigenvalue weighted by Gasteiger charge is -2.08. The van der Waals surface area contributed by atoms with Gasteiger partial charge in [-0.05, 0) is 42.3 Å². The molecule has 6 heteroatoms. The van der Waals surface area contributed by atoms with Gasteiger partial charge in [-0.25, -0.2) is 4.39 Å². The largest absolute Gasteiger partial charge is 0.352 e. The molecule has 23 heavy (non-hydrogen) atoms. The molecule has 0 unspecified atom stereocenters. The molecule has 1 aromatic heterocycles. The molecule has 2 rings (SSSR count). The minimum absolute atomic E-state index is 0.00440. The zero-order valence-corrected chi connectivity index (χ0v) is 12.8. The van der Waals surface area contributed by atoms with E-state index in [0.29, 0.717) is 6.54 Å². The van der Waals surface area contributed by atoms with E-state index in [1.54, 1.807) is 36.7 Å². The van der Waals surface area contributed by atoms with Crippen molar-refractivity contribution in [3.8, 4) is 0 Å². The third-order valence-electron chi connectivity index (χ3n) is 3.21. The van der Waals surface area contributed by atoms with Crippen molar-refractivity contribution in [2.45, 2.75) is 26.3 Å². The highest BCUT2D eigenvalue weighted by atomic mass is 19.1. The standard InChI is InChI=1S/C17H18FN3O2/c1-12-2-3-14(18)15(10-12)21-17(23)5-4-16(22)20-11-13-6-8-19-9-7-13/h2-3,6-10H,4-5,11H2,1H3,(H,20,22)(H,21,23). The van der Waals surface area contributed by atoms with E-state index in [1.165, 1.54) is 6.07 Å². The Bertz CT molecular complexity index is 689. The van der Waals surface area contributed by atoms with Crippen molar-refractivity contribution >= 4 is 17.5 Å². The summed E-state index contributed by atoms with van der Waals surface area (Å²) in [6.07, 6.45) is 3.33. The molecule has 0 aliphatic rings. The molecular formula is C17H18FN3O2. The van der Waals surface area contributed by atoms with Gasteiger partial charge in [-0.3, -0.25) is 14.6 Å². The van der Waals surface area contributed by atoms with Gasteiger partial charge in [0.1, 0.15) is 5.82 Å². The zero-order valence-electron chi connectivity index (χ0n) is 12.8. The summed E-state index contributed by atoms with van der Waals surface area (Å²) in [4.78, 5) is 27.4. The summed E-state index contributed by atoms with van der Waals surface area (Å²) < 4.78 is 13.5. The number of benzene rings is 1. The maximum Gasteiger partial charge on any atom is 0.224 e. The van der Waals surface area contributed by atoms with E-state index in [9.17, 15) is 14.0 Å². The quantitative estimate of drug-likeness (QED) is 0.860. The van der Waals surface area contributed by atoms with Crippen LogP contribution in [0, 0.1) is 12.7 Å². The number of nitrogens with one attached hydrogen (secondary N) is 2. The normalized spacial score (nSPS) is 10.2. The average Bonchev–Trinajstić information content (AvgIpc) is 2.55. The fourth-order valence-electron chi connectivity index (χ4n) is 1.96. The molecular weight excluding hydrogens is 297 g/mol. The van der Waals surface area contributed by atoms with Crippen LogP contribution in [0.5, 0.6) is 0 Å². The van der Waals surface area contributed by atoms with Gasteiger partial charge in [-0.15, -0.1) is 0 Å². The highest BCUT2D eigenvalue weighted by Crippen LogP contribution is 2.15. The van der Waals surface area contributed by atoms with Crippen molar-refractivity contribution in [1.82, 2.24) is 10.3 Å². The number of amides is 2. The number of nitrogens with zero attached hydrogens (tertiary/aromatic N) is 1. The second-order valence-corrected chi connectivity index (χ2v) is 5.16. The number of halogens is 1. The number of carbonyl (C=O) groups excluding carboxylic acids is 2. The maximum atomic E-state index is 13.5. The van der Waals surface area contributed by atoms with Crippen LogP contribution in [0.3, 0.4) is 0 Å². The Hall–Kier alpha value is -2.76. The Balaban J connectivity index is 1.75. The van der Waals surface area contributed by atoms with E-state index in [1.807, 2.05) is 6.92 Å². The highest BCUT2D eigenvalue weighted by molar-refractivity contribution is 5.93. The van der Waals surface area contributed by atoms with E-state index in [4.69, 9.17) is 0 Å². The molecule has 2 N–H and O–H groups in total. The molecule has 0 saturated heterocycles. The van der Waals surface area contributed by atoms with Crippen LogP contribution in [0.1, 0.15) is 24.0 Å². The number of aromatic nitrogens is 1. The molecule has 2 aromatic rings. The molecule has 1 aromatic carbocycles. The first-order valence-corrected chi connectivity index (χ1v) is 7.26. The van der Waals surface area contributed by atoms with Gasteiger partial charge in [0.25, 0.3) is 0 Å². The van der Waals surface area contributed by atoms with E-state index >= 15 is 0 Å². The number of hydrogen-bond donors (Lipinski definition) is 2. The summed E-state index contributed by atoms with van der Waals surface area (Å²) >= 11 is 0. The van der Waals surface area contributed by atoms with E-state index in [-0.39, 0.29) is 24.4 Å². The van der Waals surface area contributed by atoms with Crippen LogP contribution in [-0.4, -0.2) is 16.8 Å². The Morgan fingerprint density at radius 2 is 1.78 bits per heavy atom. The van der Waals surface area contributed by atoms with Crippen LogP contribution >= 0.6 is 0 Å². The van der Waals surface area contributed by atoms with Crippen LogP contribution in [-0.2, 0) is 16.1 Å². The van der Waals surface area contributed by atoms with Crippen molar-refractivity contribution < 1.29 is 14.0 Å². The Labute approximate surface area is 133 Å². The molecule has 0 fully saturated rings. The molecule has 0 aliphatic carbocycles. The number of carbonyl (C=O) groups is 2. The summed E-state index contributed by atoms with van der Waals surface area (Å²) in [6, 6.07) is 8.07. The average molecular weight is 315 g/mol. The summed E-state index contributed by atoms with van der Waals surface area (Å²) in [5.41, 5.74) is 1.91. The van der Waals surface area contributed by atoms with E-state index in [2.05, 4.69) is 15.6 Å². The Kier molecular flexibility index (Phi) is 5.80. The van der Waals surface area contributed by atoms with Crippen molar-refractivity contribution in [2.75, 3.05) is 5.32 Å². The molecule has 2 amide bonds. The van der Waals surface area contributed by atoms with E-state index < -0.39 is 11.7 Å². The lowest BCUT2D eigenvalue weighted by Crippen LogP contribution is -2.24. The van der Waals surface area contributed by atoms with Crippen molar-refractivity contribution in [2.24, 2.45) is 0 Å². The predicted molar refractivity (Wildman–Crippen MR) is 85.1 cm³/mol. The first-order valence-electron chi connectivity index (χ1n) is 7.26. The zero-order chi connectivity index (χ0) is 16.7. The fraction of sp³-hybridized carbons (Fsp3) is 0.235. The minimum atomic E-state index is -0.494. The second-order valence-electron chi connectivity index (χ2n) is 5.16. The Morgan fingerprint density at radius 1 is 1.09 bits per heavy atom. The first-order chi connectivity index (χ1) is 11.0. The molecule has 5 nitrogen and oxygen atoms in total. The van der Waals surface area contributed by atoms with Crippen molar-refractivity contribution in [1.29, 1.82) is 0 Å². The van der Waals surface area contributed by atoms with Gasteiger partial charge in [0, 0.05) is 31.8 Å².